The highest BCUT2D eigenvalue weighted by Gasteiger charge is 2.32. The molecule has 0 aliphatic carbocycles. The molecule has 202 valence electrons. The second kappa shape index (κ2) is 12.2. The first-order valence-electron chi connectivity index (χ1n) is 12.0. The molecule has 1 unspecified atom stereocenters. The van der Waals surface area contributed by atoms with Crippen LogP contribution in [-0.4, -0.2) is 26.3 Å². The number of hydrogen-bond acceptors (Lipinski definition) is 8. The van der Waals surface area contributed by atoms with E-state index in [4.69, 9.17) is 52.6 Å². The SMILES string of the molecule is COc1cc(C2C(C#N)=C(N)Oc3cc(OC(=O)COc4ccc(Cl)cc4Cl)ccc32)ccc1OCC(C)C. The van der Waals surface area contributed by atoms with Crippen molar-refractivity contribution in [3.8, 4) is 34.8 Å². The normalized spacial score (nSPS) is 14.2. The molecule has 0 amide bonds. The first kappa shape index (κ1) is 28.0. The van der Waals surface area contributed by atoms with E-state index in [1.54, 1.807) is 37.4 Å². The van der Waals surface area contributed by atoms with Crippen molar-refractivity contribution in [3.05, 3.63) is 87.2 Å². The van der Waals surface area contributed by atoms with Gasteiger partial charge in [-0.05, 0) is 47.9 Å². The number of ether oxygens (including phenoxy) is 5. The molecule has 1 aliphatic rings. The van der Waals surface area contributed by atoms with Gasteiger partial charge in [0, 0.05) is 16.7 Å². The zero-order chi connectivity index (χ0) is 28.1. The van der Waals surface area contributed by atoms with Crippen molar-refractivity contribution in [3.63, 3.8) is 0 Å². The highest BCUT2D eigenvalue weighted by Crippen LogP contribution is 2.45. The molecule has 0 aromatic heterocycles. The molecule has 8 nitrogen and oxygen atoms in total. The fraction of sp³-hybridized carbons (Fsp3) is 0.241. The fourth-order valence-electron chi connectivity index (χ4n) is 3.97. The van der Waals surface area contributed by atoms with Crippen molar-refractivity contribution in [1.82, 2.24) is 0 Å². The van der Waals surface area contributed by atoms with Crippen molar-refractivity contribution in [2.24, 2.45) is 11.7 Å². The molecule has 0 fully saturated rings. The van der Waals surface area contributed by atoms with Crippen LogP contribution in [0, 0.1) is 17.2 Å². The van der Waals surface area contributed by atoms with E-state index in [0.717, 1.165) is 5.56 Å². The van der Waals surface area contributed by atoms with Crippen LogP contribution in [0.4, 0.5) is 0 Å². The number of esters is 1. The number of nitrogens with zero attached hydrogens (tertiary/aromatic N) is 1. The third-order valence-corrected chi connectivity index (χ3v) is 6.29. The Kier molecular flexibility index (Phi) is 8.75. The Morgan fingerprint density at radius 3 is 2.51 bits per heavy atom. The average Bonchev–Trinajstić information content (AvgIpc) is 2.90. The number of halogens is 2. The van der Waals surface area contributed by atoms with Gasteiger partial charge >= 0.3 is 5.97 Å². The van der Waals surface area contributed by atoms with Gasteiger partial charge in [-0.25, -0.2) is 4.79 Å². The van der Waals surface area contributed by atoms with E-state index in [-0.39, 0.29) is 28.8 Å². The second-order valence-corrected chi connectivity index (χ2v) is 9.92. The Bertz CT molecular complexity index is 1460. The van der Waals surface area contributed by atoms with Crippen molar-refractivity contribution >= 4 is 29.2 Å². The largest absolute Gasteiger partial charge is 0.493 e. The van der Waals surface area contributed by atoms with Gasteiger partial charge in [-0.1, -0.05) is 49.2 Å². The van der Waals surface area contributed by atoms with Crippen molar-refractivity contribution in [2.45, 2.75) is 19.8 Å². The maximum atomic E-state index is 12.4. The van der Waals surface area contributed by atoms with Gasteiger partial charge in [-0.2, -0.15) is 5.26 Å². The first-order chi connectivity index (χ1) is 18.7. The summed E-state index contributed by atoms with van der Waals surface area (Å²) in [5.41, 5.74) is 7.80. The summed E-state index contributed by atoms with van der Waals surface area (Å²) in [6.07, 6.45) is 0. The van der Waals surface area contributed by atoms with Gasteiger partial charge in [0.05, 0.1) is 24.7 Å². The van der Waals surface area contributed by atoms with Crippen LogP contribution in [0.1, 0.15) is 30.9 Å². The zero-order valence-corrected chi connectivity index (χ0v) is 23.0. The predicted octanol–water partition coefficient (Wildman–Crippen LogP) is 6.24. The Morgan fingerprint density at radius 1 is 1.05 bits per heavy atom. The maximum absolute atomic E-state index is 12.4. The number of carbonyl (C=O) groups is 1. The third kappa shape index (κ3) is 6.51. The smallest absolute Gasteiger partial charge is 0.349 e. The summed E-state index contributed by atoms with van der Waals surface area (Å²) >= 11 is 12.0. The lowest BCUT2D eigenvalue weighted by Gasteiger charge is -2.27. The van der Waals surface area contributed by atoms with E-state index in [1.807, 2.05) is 12.1 Å². The van der Waals surface area contributed by atoms with Crippen LogP contribution in [0.2, 0.25) is 10.0 Å². The summed E-state index contributed by atoms with van der Waals surface area (Å²) in [5, 5.41) is 10.6. The zero-order valence-electron chi connectivity index (χ0n) is 21.5. The van der Waals surface area contributed by atoms with Gasteiger partial charge in [0.2, 0.25) is 5.88 Å². The molecule has 1 aliphatic heterocycles. The van der Waals surface area contributed by atoms with Crippen molar-refractivity contribution in [2.75, 3.05) is 20.3 Å². The topological polar surface area (TPSA) is 113 Å². The molecule has 0 saturated heterocycles. The summed E-state index contributed by atoms with van der Waals surface area (Å²) in [6, 6.07) is 17.2. The van der Waals surface area contributed by atoms with Crippen LogP contribution in [0.25, 0.3) is 0 Å². The number of hydrogen-bond donors (Lipinski definition) is 1. The van der Waals surface area contributed by atoms with Gasteiger partial charge in [0.1, 0.15) is 28.9 Å². The molecule has 3 aromatic rings. The highest BCUT2D eigenvalue weighted by atomic mass is 35.5. The number of nitrogens with two attached hydrogens (primary N) is 1. The van der Waals surface area contributed by atoms with Crippen molar-refractivity contribution < 1.29 is 28.5 Å². The minimum absolute atomic E-state index is 0.0432. The summed E-state index contributed by atoms with van der Waals surface area (Å²) in [6.45, 7) is 4.26. The summed E-state index contributed by atoms with van der Waals surface area (Å²) in [5.74, 6) is 1.10. The van der Waals surface area contributed by atoms with Crippen LogP contribution >= 0.6 is 23.2 Å². The Morgan fingerprint density at radius 2 is 1.82 bits per heavy atom. The summed E-state index contributed by atoms with van der Waals surface area (Å²) < 4.78 is 28.0. The van der Waals surface area contributed by atoms with Crippen LogP contribution in [-0.2, 0) is 4.79 Å². The molecule has 2 N–H and O–H groups in total. The van der Waals surface area contributed by atoms with Crippen molar-refractivity contribution in [1.29, 1.82) is 5.26 Å². The number of fused-ring (bicyclic) bond motifs is 1. The molecule has 10 heteroatoms. The Hall–Kier alpha value is -4.06. The second-order valence-electron chi connectivity index (χ2n) is 9.08. The highest BCUT2D eigenvalue weighted by molar-refractivity contribution is 6.35. The molecular formula is C29H26Cl2N2O6. The number of methoxy groups -OCH3 is 1. The van der Waals surface area contributed by atoms with E-state index >= 15 is 0 Å². The number of allylic oxidation sites excluding steroid dienone is 1. The number of rotatable bonds is 9. The van der Waals surface area contributed by atoms with E-state index < -0.39 is 11.9 Å². The molecule has 0 radical (unpaired) electrons. The standard InChI is InChI=1S/C29H26Cl2N2O6/c1-16(2)14-36-24-8-4-17(10-26(24)35-3)28-20-7-6-19(12-25(20)39-29(33)21(28)13-32)38-27(34)15-37-23-9-5-18(30)11-22(23)31/h4-12,16,28H,14-15,33H2,1-3H3. The molecule has 0 saturated carbocycles. The van der Waals surface area contributed by atoms with Crippen LogP contribution < -0.4 is 29.4 Å². The van der Waals surface area contributed by atoms with Gasteiger partial charge in [0.15, 0.2) is 18.1 Å². The lowest BCUT2D eigenvalue weighted by atomic mass is 9.83. The molecule has 1 heterocycles. The number of nitriles is 1. The molecule has 0 bridgehead atoms. The number of carbonyl (C=O) groups excluding carboxylic acids is 1. The maximum Gasteiger partial charge on any atom is 0.349 e. The van der Waals surface area contributed by atoms with E-state index in [2.05, 4.69) is 19.9 Å². The quantitative estimate of drug-likeness (QED) is 0.238. The average molecular weight is 569 g/mol. The number of benzene rings is 3. The molecule has 39 heavy (non-hydrogen) atoms. The van der Waals surface area contributed by atoms with Crippen LogP contribution in [0.5, 0.6) is 28.7 Å². The van der Waals surface area contributed by atoms with E-state index in [0.29, 0.717) is 46.1 Å². The van der Waals surface area contributed by atoms with Crippen LogP contribution in [0.15, 0.2) is 66.1 Å². The van der Waals surface area contributed by atoms with Gasteiger partial charge in [-0.15, -0.1) is 0 Å². The molecule has 4 rings (SSSR count). The van der Waals surface area contributed by atoms with Gasteiger partial charge in [0.25, 0.3) is 0 Å². The summed E-state index contributed by atoms with van der Waals surface area (Å²) in [4.78, 5) is 12.4. The molecular weight excluding hydrogens is 543 g/mol. The Balaban J connectivity index is 1.56. The van der Waals surface area contributed by atoms with Crippen LogP contribution in [0.3, 0.4) is 0 Å². The van der Waals surface area contributed by atoms with E-state index in [1.165, 1.54) is 12.1 Å². The minimum atomic E-state index is -0.656. The third-order valence-electron chi connectivity index (χ3n) is 5.75. The lowest BCUT2D eigenvalue weighted by Crippen LogP contribution is -2.22. The lowest BCUT2D eigenvalue weighted by molar-refractivity contribution is -0.136. The molecule has 0 spiro atoms. The van der Waals surface area contributed by atoms with E-state index in [9.17, 15) is 10.1 Å². The minimum Gasteiger partial charge on any atom is -0.493 e. The first-order valence-corrected chi connectivity index (χ1v) is 12.8. The molecule has 3 aromatic carbocycles. The molecule has 1 atom stereocenters. The van der Waals surface area contributed by atoms with Gasteiger partial charge in [-0.3, -0.25) is 0 Å². The Labute approximate surface area is 236 Å². The fourth-order valence-corrected chi connectivity index (χ4v) is 4.43. The van der Waals surface area contributed by atoms with Gasteiger partial charge < -0.3 is 29.4 Å². The summed E-state index contributed by atoms with van der Waals surface area (Å²) in [7, 11) is 1.56. The monoisotopic (exact) mass is 568 g/mol. The predicted molar refractivity (Wildman–Crippen MR) is 147 cm³/mol.